The number of aromatic nitrogens is 1. The molecule has 4 heteroatoms. The predicted molar refractivity (Wildman–Crippen MR) is 92.3 cm³/mol. The molecule has 1 radical (unpaired) electrons. The lowest BCUT2D eigenvalue weighted by Crippen LogP contribution is -2.11. The summed E-state index contributed by atoms with van der Waals surface area (Å²) in [5, 5.41) is 1.63. The van der Waals surface area contributed by atoms with Crippen LogP contribution in [0.2, 0.25) is 0 Å². The second-order valence-electron chi connectivity index (χ2n) is 5.71. The molecule has 0 aliphatic heterocycles. The first-order valence-electron chi connectivity index (χ1n) is 7.61. The summed E-state index contributed by atoms with van der Waals surface area (Å²) < 4.78 is 15.6. The van der Waals surface area contributed by atoms with Gasteiger partial charge in [0.2, 0.25) is 5.91 Å². The fraction of sp³-hybridized carbons (Fsp3) is 0.0500. The van der Waals surface area contributed by atoms with Crippen molar-refractivity contribution in [3.8, 4) is 0 Å². The summed E-state index contributed by atoms with van der Waals surface area (Å²) in [6.45, 7) is 0.498. The molecule has 0 aliphatic rings. The Kier molecular flexibility index (Phi) is 3.31. The van der Waals surface area contributed by atoms with Gasteiger partial charge in [0.05, 0.1) is 11.0 Å². The maximum absolute atomic E-state index is 13.5. The van der Waals surface area contributed by atoms with Gasteiger partial charge >= 0.3 is 0 Å². The van der Waals surface area contributed by atoms with Crippen molar-refractivity contribution in [2.24, 2.45) is 5.73 Å². The minimum atomic E-state index is -0.470. The molecule has 0 bridgehead atoms. The summed E-state index contributed by atoms with van der Waals surface area (Å²) in [7, 11) is 0. The molecule has 24 heavy (non-hydrogen) atoms. The van der Waals surface area contributed by atoms with Gasteiger partial charge in [0, 0.05) is 22.9 Å². The molecule has 1 heterocycles. The summed E-state index contributed by atoms with van der Waals surface area (Å²) in [5.41, 5.74) is 8.68. The molecule has 0 saturated carbocycles. The Bertz CT molecular complexity index is 1080. The molecule has 0 spiro atoms. The third kappa shape index (κ3) is 2.24. The number of halogens is 1. The lowest BCUT2D eigenvalue weighted by molar-refractivity contribution is 0.100. The fourth-order valence-corrected chi connectivity index (χ4v) is 3.20. The summed E-state index contributed by atoms with van der Waals surface area (Å²) in [4.78, 5) is 11.8. The summed E-state index contributed by atoms with van der Waals surface area (Å²) >= 11 is 0. The first-order chi connectivity index (χ1) is 11.6. The third-order valence-electron chi connectivity index (χ3n) is 4.20. The van der Waals surface area contributed by atoms with Crippen LogP contribution >= 0.6 is 0 Å². The Morgan fingerprint density at radius 2 is 1.88 bits per heavy atom. The smallest absolute Gasteiger partial charge is 0.249 e. The van der Waals surface area contributed by atoms with Crippen molar-refractivity contribution >= 4 is 27.7 Å². The van der Waals surface area contributed by atoms with E-state index in [0.29, 0.717) is 12.1 Å². The molecule has 0 saturated heterocycles. The topological polar surface area (TPSA) is 48.0 Å². The molecular formula is C20H14FN2O. The van der Waals surface area contributed by atoms with E-state index in [-0.39, 0.29) is 5.82 Å². The monoisotopic (exact) mass is 317 g/mol. The maximum atomic E-state index is 13.5. The molecule has 0 aliphatic carbocycles. The summed E-state index contributed by atoms with van der Waals surface area (Å²) in [6.07, 6.45) is 0. The average molecular weight is 317 g/mol. The van der Waals surface area contributed by atoms with Crippen LogP contribution < -0.4 is 5.73 Å². The zero-order valence-corrected chi connectivity index (χ0v) is 12.8. The highest BCUT2D eigenvalue weighted by molar-refractivity contribution is 6.17. The largest absolute Gasteiger partial charge is 0.366 e. The van der Waals surface area contributed by atoms with Crippen molar-refractivity contribution < 1.29 is 9.18 Å². The zero-order valence-electron chi connectivity index (χ0n) is 12.8. The van der Waals surface area contributed by atoms with Crippen LogP contribution in [0.5, 0.6) is 0 Å². The van der Waals surface area contributed by atoms with Crippen LogP contribution in [-0.2, 0) is 6.54 Å². The van der Waals surface area contributed by atoms with Gasteiger partial charge in [-0.3, -0.25) is 4.79 Å². The van der Waals surface area contributed by atoms with Crippen molar-refractivity contribution in [3.05, 3.63) is 83.7 Å². The van der Waals surface area contributed by atoms with Gasteiger partial charge in [-0.2, -0.15) is 0 Å². The molecule has 0 fully saturated rings. The number of carbonyl (C=O) groups excluding carboxylic acids is 1. The molecule has 1 aromatic heterocycles. The van der Waals surface area contributed by atoms with E-state index in [2.05, 4.69) is 10.6 Å². The fourth-order valence-electron chi connectivity index (χ4n) is 3.20. The van der Waals surface area contributed by atoms with Crippen LogP contribution in [0.3, 0.4) is 0 Å². The van der Waals surface area contributed by atoms with Gasteiger partial charge in [-0.1, -0.05) is 30.3 Å². The number of hydrogen-bond donors (Lipinski definition) is 1. The highest BCUT2D eigenvalue weighted by atomic mass is 19.1. The molecular weight excluding hydrogens is 303 g/mol. The molecule has 0 atom stereocenters. The van der Waals surface area contributed by atoms with E-state index in [1.807, 2.05) is 36.4 Å². The lowest BCUT2D eigenvalue weighted by atomic mass is 10.1. The second-order valence-corrected chi connectivity index (χ2v) is 5.71. The number of benzene rings is 3. The van der Waals surface area contributed by atoms with E-state index in [9.17, 15) is 9.18 Å². The van der Waals surface area contributed by atoms with Crippen molar-refractivity contribution in [3.63, 3.8) is 0 Å². The number of primary amides is 1. The number of carbonyl (C=O) groups is 1. The Morgan fingerprint density at radius 3 is 2.67 bits per heavy atom. The minimum absolute atomic E-state index is 0.266. The molecule has 4 aromatic rings. The molecule has 4 rings (SSSR count). The first kappa shape index (κ1) is 14.5. The van der Waals surface area contributed by atoms with Crippen molar-refractivity contribution in [2.45, 2.75) is 6.54 Å². The zero-order chi connectivity index (χ0) is 16.7. The number of amides is 1. The van der Waals surface area contributed by atoms with Crippen molar-refractivity contribution in [1.82, 2.24) is 4.57 Å². The number of rotatable bonds is 3. The Labute approximate surface area is 138 Å². The number of fused-ring (bicyclic) bond motifs is 3. The molecule has 3 nitrogen and oxygen atoms in total. The van der Waals surface area contributed by atoms with Gasteiger partial charge < -0.3 is 10.3 Å². The van der Waals surface area contributed by atoms with Crippen LogP contribution in [0.1, 0.15) is 15.9 Å². The highest BCUT2D eigenvalue weighted by Crippen LogP contribution is 2.31. The predicted octanol–water partition coefficient (Wildman–Crippen LogP) is 3.88. The Morgan fingerprint density at radius 1 is 1.08 bits per heavy atom. The first-order valence-corrected chi connectivity index (χ1v) is 7.61. The van der Waals surface area contributed by atoms with Gasteiger partial charge in [0.15, 0.2) is 0 Å². The van der Waals surface area contributed by atoms with E-state index in [4.69, 9.17) is 5.73 Å². The van der Waals surface area contributed by atoms with Crippen LogP contribution in [0, 0.1) is 11.9 Å². The van der Waals surface area contributed by atoms with Crippen molar-refractivity contribution in [2.75, 3.05) is 0 Å². The summed E-state index contributed by atoms with van der Waals surface area (Å²) in [5.74, 6) is -0.736. The Balaban J connectivity index is 2.03. The van der Waals surface area contributed by atoms with Gasteiger partial charge in [-0.15, -0.1) is 0 Å². The van der Waals surface area contributed by atoms with Gasteiger partial charge in [-0.05, 0) is 42.0 Å². The summed E-state index contributed by atoms with van der Waals surface area (Å²) in [6, 6.07) is 20.9. The van der Waals surface area contributed by atoms with Crippen LogP contribution in [0.25, 0.3) is 21.8 Å². The highest BCUT2D eigenvalue weighted by Gasteiger charge is 2.16. The average Bonchev–Trinajstić information content (AvgIpc) is 2.89. The second kappa shape index (κ2) is 5.49. The maximum Gasteiger partial charge on any atom is 0.249 e. The van der Waals surface area contributed by atoms with Crippen LogP contribution in [0.4, 0.5) is 4.39 Å². The van der Waals surface area contributed by atoms with E-state index >= 15 is 0 Å². The Hall–Kier alpha value is -3.14. The van der Waals surface area contributed by atoms with Gasteiger partial charge in [0.25, 0.3) is 0 Å². The van der Waals surface area contributed by atoms with Crippen LogP contribution in [-0.4, -0.2) is 10.5 Å². The molecule has 2 N–H and O–H groups in total. The molecule has 0 unspecified atom stereocenters. The minimum Gasteiger partial charge on any atom is -0.366 e. The number of hydrogen-bond acceptors (Lipinski definition) is 1. The number of nitrogens with zero attached hydrogens (tertiary/aromatic N) is 1. The third-order valence-corrected chi connectivity index (χ3v) is 4.20. The quantitative estimate of drug-likeness (QED) is 0.612. The lowest BCUT2D eigenvalue weighted by Gasteiger charge is -2.08. The van der Waals surface area contributed by atoms with E-state index in [0.717, 1.165) is 27.4 Å². The normalized spacial score (nSPS) is 11.2. The standard InChI is InChI=1S/C20H14FN2O/c21-14-6-3-5-13(11-14)12-23-17-9-2-1-7-15(17)19-16(20(22)24)8-4-10-18(19)23/h1-6,8-11H,12H2,(H2,22,24). The molecule has 117 valence electrons. The SMILES string of the molecule is NC(=O)c1cccc2c1c1[c]cccc1n2Cc1cccc(F)c1. The molecule has 1 amide bonds. The van der Waals surface area contributed by atoms with E-state index < -0.39 is 5.91 Å². The van der Waals surface area contributed by atoms with Gasteiger partial charge in [0.1, 0.15) is 5.82 Å². The van der Waals surface area contributed by atoms with E-state index in [1.54, 1.807) is 12.1 Å². The van der Waals surface area contributed by atoms with Crippen molar-refractivity contribution in [1.29, 1.82) is 0 Å². The number of nitrogens with two attached hydrogens (primary N) is 1. The molecule has 3 aromatic carbocycles. The van der Waals surface area contributed by atoms with Crippen LogP contribution in [0.15, 0.2) is 60.7 Å². The van der Waals surface area contributed by atoms with Gasteiger partial charge in [-0.25, -0.2) is 4.39 Å². The van der Waals surface area contributed by atoms with E-state index in [1.165, 1.54) is 12.1 Å².